The van der Waals surface area contributed by atoms with Crippen molar-refractivity contribution in [3.8, 4) is 0 Å². The van der Waals surface area contributed by atoms with Crippen LogP contribution in [0.4, 0.5) is 0 Å². The van der Waals surface area contributed by atoms with Crippen LogP contribution in [0.25, 0.3) is 0 Å². The molecule has 0 unspecified atom stereocenters. The second-order valence-corrected chi connectivity index (χ2v) is 7.91. The molecule has 0 spiro atoms. The summed E-state index contributed by atoms with van der Waals surface area (Å²) in [6, 6.07) is 6.70. The molecule has 0 aromatic heterocycles. The fraction of sp³-hybridized carbons (Fsp3) is 0.316. The summed E-state index contributed by atoms with van der Waals surface area (Å²) in [7, 11) is 1.25. The van der Waals surface area contributed by atoms with Gasteiger partial charge in [0.25, 0.3) is 0 Å². The van der Waals surface area contributed by atoms with Gasteiger partial charge in [-0.15, -0.1) is 0 Å². The Balaban J connectivity index is 2.30. The van der Waals surface area contributed by atoms with Crippen molar-refractivity contribution in [2.45, 2.75) is 25.0 Å². The van der Waals surface area contributed by atoms with Crippen molar-refractivity contribution in [2.75, 3.05) is 13.7 Å². The normalized spacial score (nSPS) is 21.7. The topological polar surface area (TPSA) is 98.9 Å². The monoisotopic (exact) mass is 422 g/mol. The van der Waals surface area contributed by atoms with Crippen LogP contribution >= 0.6 is 23.4 Å². The van der Waals surface area contributed by atoms with Gasteiger partial charge in [-0.3, -0.25) is 9.69 Å². The molecule has 1 aromatic carbocycles. The number of esters is 2. The number of carbonyl (C=O) groups excluding carboxylic acids is 3. The zero-order chi connectivity index (χ0) is 20.6. The SMILES string of the molecule is CCOC(=O)C1=C(N)N2C(=O)[C@@H](C)SC2=C(C(=O)OC)[C@@H]1c1ccc(Cl)cc1. The largest absolute Gasteiger partial charge is 0.466 e. The molecule has 2 aliphatic heterocycles. The van der Waals surface area contributed by atoms with Gasteiger partial charge in [0.05, 0.1) is 41.1 Å². The molecule has 148 valence electrons. The zero-order valence-corrected chi connectivity index (χ0v) is 17.1. The standard InChI is InChI=1S/C19H19ClN2O5S/c1-4-27-19(25)13-12(10-5-7-11(20)8-6-10)14(18(24)26-3)17-22(15(13)21)16(23)9(2)28-17/h5-9,12H,4,21H2,1-3H3/t9-,12-/m1/s1. The van der Waals surface area contributed by atoms with Crippen molar-refractivity contribution < 1.29 is 23.9 Å². The molecule has 2 heterocycles. The van der Waals surface area contributed by atoms with E-state index in [9.17, 15) is 14.4 Å². The molecule has 3 rings (SSSR count). The van der Waals surface area contributed by atoms with Crippen molar-refractivity contribution in [3.05, 3.63) is 56.8 Å². The molecule has 28 heavy (non-hydrogen) atoms. The molecular weight excluding hydrogens is 404 g/mol. The number of halogens is 1. The molecule has 0 aliphatic carbocycles. The summed E-state index contributed by atoms with van der Waals surface area (Å²) in [5.74, 6) is -2.54. The molecular formula is C19H19ClN2O5S. The summed E-state index contributed by atoms with van der Waals surface area (Å²) in [5, 5.41) is 0.414. The molecule has 1 aromatic rings. The van der Waals surface area contributed by atoms with Crippen molar-refractivity contribution >= 4 is 41.2 Å². The first-order valence-electron chi connectivity index (χ1n) is 8.57. The number of fused-ring (bicyclic) bond motifs is 1. The van der Waals surface area contributed by atoms with Gasteiger partial charge in [-0.05, 0) is 31.5 Å². The lowest BCUT2D eigenvalue weighted by molar-refractivity contribution is -0.139. The zero-order valence-electron chi connectivity index (χ0n) is 15.5. The number of methoxy groups -OCH3 is 1. The minimum atomic E-state index is -0.847. The number of rotatable bonds is 4. The van der Waals surface area contributed by atoms with Gasteiger partial charge in [0.15, 0.2) is 0 Å². The van der Waals surface area contributed by atoms with Gasteiger partial charge in [0.2, 0.25) is 5.91 Å². The average Bonchev–Trinajstić information content (AvgIpc) is 2.96. The number of nitrogens with two attached hydrogens (primary N) is 1. The fourth-order valence-corrected chi connectivity index (χ4v) is 4.52. The van der Waals surface area contributed by atoms with Crippen LogP contribution in [0.15, 0.2) is 46.3 Å². The van der Waals surface area contributed by atoms with E-state index in [1.165, 1.54) is 23.8 Å². The molecule has 0 bridgehead atoms. The van der Waals surface area contributed by atoms with E-state index in [0.717, 1.165) is 0 Å². The first-order chi connectivity index (χ1) is 13.3. The number of hydrogen-bond donors (Lipinski definition) is 1. The van der Waals surface area contributed by atoms with E-state index in [1.807, 2.05) is 0 Å². The number of amides is 1. The van der Waals surface area contributed by atoms with Crippen LogP contribution < -0.4 is 5.73 Å². The van der Waals surface area contributed by atoms with Gasteiger partial charge in [-0.2, -0.15) is 0 Å². The molecule has 9 heteroatoms. The number of hydrogen-bond acceptors (Lipinski definition) is 7. The van der Waals surface area contributed by atoms with Crippen molar-refractivity contribution in [1.29, 1.82) is 0 Å². The maximum absolute atomic E-state index is 12.8. The molecule has 0 radical (unpaired) electrons. The molecule has 1 amide bonds. The molecule has 2 N–H and O–H groups in total. The number of ether oxygens (including phenoxy) is 2. The predicted octanol–water partition coefficient (Wildman–Crippen LogP) is 2.52. The average molecular weight is 423 g/mol. The third kappa shape index (κ3) is 3.27. The van der Waals surface area contributed by atoms with E-state index in [1.54, 1.807) is 38.1 Å². The van der Waals surface area contributed by atoms with Gasteiger partial charge in [0, 0.05) is 5.02 Å². The number of benzene rings is 1. The minimum Gasteiger partial charge on any atom is -0.466 e. The Kier molecular flexibility index (Phi) is 5.71. The Morgan fingerprint density at radius 3 is 2.43 bits per heavy atom. The van der Waals surface area contributed by atoms with E-state index in [-0.39, 0.29) is 29.5 Å². The Morgan fingerprint density at radius 2 is 1.86 bits per heavy atom. The number of carbonyl (C=O) groups is 3. The van der Waals surface area contributed by atoms with Crippen LogP contribution in [0, 0.1) is 0 Å². The van der Waals surface area contributed by atoms with Gasteiger partial charge in [-0.1, -0.05) is 35.5 Å². The second kappa shape index (κ2) is 7.89. The highest BCUT2D eigenvalue weighted by Crippen LogP contribution is 2.49. The fourth-order valence-electron chi connectivity index (χ4n) is 3.24. The summed E-state index contributed by atoms with van der Waals surface area (Å²) in [4.78, 5) is 39.4. The maximum Gasteiger partial charge on any atom is 0.338 e. The van der Waals surface area contributed by atoms with Crippen LogP contribution in [0.2, 0.25) is 5.02 Å². The summed E-state index contributed by atoms with van der Waals surface area (Å²) in [6.07, 6.45) is 0. The summed E-state index contributed by atoms with van der Waals surface area (Å²) >= 11 is 7.20. The Hall–Kier alpha value is -2.45. The van der Waals surface area contributed by atoms with Crippen molar-refractivity contribution in [2.24, 2.45) is 5.73 Å². The first-order valence-corrected chi connectivity index (χ1v) is 9.82. The third-order valence-corrected chi connectivity index (χ3v) is 5.92. The second-order valence-electron chi connectivity index (χ2n) is 6.15. The maximum atomic E-state index is 12.8. The minimum absolute atomic E-state index is 0.0244. The molecule has 7 nitrogen and oxygen atoms in total. The van der Waals surface area contributed by atoms with Crippen LogP contribution in [0.3, 0.4) is 0 Å². The Labute approximate surface area is 171 Å². The lowest BCUT2D eigenvalue weighted by atomic mass is 9.82. The molecule has 2 aliphatic rings. The van der Waals surface area contributed by atoms with E-state index < -0.39 is 23.1 Å². The lowest BCUT2D eigenvalue weighted by Gasteiger charge is -2.33. The van der Waals surface area contributed by atoms with E-state index >= 15 is 0 Å². The highest BCUT2D eigenvalue weighted by atomic mass is 35.5. The molecule has 2 atom stereocenters. The lowest BCUT2D eigenvalue weighted by Crippen LogP contribution is -2.40. The summed E-state index contributed by atoms with van der Waals surface area (Å²) in [6.45, 7) is 3.49. The molecule has 1 saturated heterocycles. The quantitative estimate of drug-likeness (QED) is 0.744. The first kappa shape index (κ1) is 20.3. The third-order valence-electron chi connectivity index (χ3n) is 4.49. The Bertz CT molecular complexity index is 909. The summed E-state index contributed by atoms with van der Waals surface area (Å²) < 4.78 is 10.2. The van der Waals surface area contributed by atoms with E-state index in [4.69, 9.17) is 26.8 Å². The van der Waals surface area contributed by atoms with Gasteiger partial charge < -0.3 is 15.2 Å². The van der Waals surface area contributed by atoms with E-state index in [2.05, 4.69) is 0 Å². The van der Waals surface area contributed by atoms with Crippen LogP contribution in [-0.2, 0) is 23.9 Å². The highest BCUT2D eigenvalue weighted by molar-refractivity contribution is 8.04. The number of nitrogens with zero attached hydrogens (tertiary/aromatic N) is 1. The van der Waals surface area contributed by atoms with Crippen molar-refractivity contribution in [1.82, 2.24) is 4.90 Å². The van der Waals surface area contributed by atoms with Gasteiger partial charge >= 0.3 is 11.9 Å². The Morgan fingerprint density at radius 1 is 1.21 bits per heavy atom. The van der Waals surface area contributed by atoms with Gasteiger partial charge in [0.1, 0.15) is 5.82 Å². The number of thioether (sulfide) groups is 1. The van der Waals surface area contributed by atoms with Crippen LogP contribution in [-0.4, -0.2) is 41.7 Å². The van der Waals surface area contributed by atoms with Crippen molar-refractivity contribution in [3.63, 3.8) is 0 Å². The van der Waals surface area contributed by atoms with E-state index in [0.29, 0.717) is 15.6 Å². The van der Waals surface area contributed by atoms with Crippen LogP contribution in [0.1, 0.15) is 25.3 Å². The molecule has 1 fully saturated rings. The highest BCUT2D eigenvalue weighted by Gasteiger charge is 2.48. The van der Waals surface area contributed by atoms with Gasteiger partial charge in [-0.25, -0.2) is 9.59 Å². The predicted molar refractivity (Wildman–Crippen MR) is 105 cm³/mol. The van der Waals surface area contributed by atoms with Crippen LogP contribution in [0.5, 0.6) is 0 Å². The molecule has 0 saturated carbocycles. The smallest absolute Gasteiger partial charge is 0.338 e. The summed E-state index contributed by atoms with van der Waals surface area (Å²) in [5.41, 5.74) is 7.07.